The van der Waals surface area contributed by atoms with Crippen LogP contribution in [0.15, 0.2) is 30.8 Å². The maximum Gasteiger partial charge on any atom is 0.204 e. The van der Waals surface area contributed by atoms with Crippen LogP contribution in [0.3, 0.4) is 0 Å². The minimum Gasteiger partial charge on any atom is -0.553 e. The Balaban J connectivity index is 3.08. The summed E-state index contributed by atoms with van der Waals surface area (Å²) in [5.74, 6) is 0.934. The Morgan fingerprint density at radius 3 is 2.60 bits per heavy atom. The summed E-state index contributed by atoms with van der Waals surface area (Å²) in [7, 11) is 0.732. The zero-order valence-electron chi connectivity index (χ0n) is 6.00. The van der Waals surface area contributed by atoms with Crippen LogP contribution in [0.2, 0.25) is 0 Å². The van der Waals surface area contributed by atoms with Gasteiger partial charge < -0.3 is 4.43 Å². The molecule has 0 aliphatic rings. The van der Waals surface area contributed by atoms with E-state index in [9.17, 15) is 0 Å². The normalized spacial score (nSPS) is 9.20. The van der Waals surface area contributed by atoms with Crippen LogP contribution in [0.5, 0.6) is 5.75 Å². The van der Waals surface area contributed by atoms with E-state index in [-0.39, 0.29) is 0 Å². The zero-order chi connectivity index (χ0) is 7.40. The van der Waals surface area contributed by atoms with Gasteiger partial charge in [0.15, 0.2) is 0 Å². The summed E-state index contributed by atoms with van der Waals surface area (Å²) in [5, 5.41) is 0. The van der Waals surface area contributed by atoms with E-state index in [0.717, 1.165) is 21.8 Å². The van der Waals surface area contributed by atoms with Crippen LogP contribution in [0.25, 0.3) is 6.08 Å². The highest BCUT2D eigenvalue weighted by molar-refractivity contribution is 6.00. The van der Waals surface area contributed by atoms with E-state index in [1.165, 1.54) is 0 Å². The molecular formula is C8H10OSi. The molecule has 52 valence electrons. The molecule has 1 aromatic rings. The summed E-state index contributed by atoms with van der Waals surface area (Å²) in [5.41, 5.74) is 1.07. The van der Waals surface area contributed by atoms with Crippen molar-refractivity contribution in [1.82, 2.24) is 0 Å². The Labute approximate surface area is 63.9 Å². The first-order valence-corrected chi connectivity index (χ1v) is 3.95. The summed E-state index contributed by atoms with van der Waals surface area (Å²) in [6.07, 6.45) is 1.80. The molecule has 1 rings (SSSR count). The molecule has 2 heteroatoms. The second kappa shape index (κ2) is 3.22. The van der Waals surface area contributed by atoms with Crippen molar-refractivity contribution in [2.45, 2.75) is 0 Å². The molecule has 0 spiro atoms. The van der Waals surface area contributed by atoms with Crippen LogP contribution in [0.1, 0.15) is 5.56 Å². The fraction of sp³-hybridized carbons (Fsp3) is 0. The van der Waals surface area contributed by atoms with Crippen LogP contribution in [0.4, 0.5) is 0 Å². The van der Waals surface area contributed by atoms with Gasteiger partial charge in [0.1, 0.15) is 5.75 Å². The van der Waals surface area contributed by atoms with Crippen LogP contribution < -0.4 is 4.43 Å². The molecule has 1 nitrogen and oxygen atoms in total. The molecule has 0 N–H and O–H groups in total. The van der Waals surface area contributed by atoms with Crippen molar-refractivity contribution in [2.24, 2.45) is 0 Å². The maximum atomic E-state index is 5.20. The lowest BCUT2D eigenvalue weighted by molar-refractivity contribution is 0.614. The molecular weight excluding hydrogens is 140 g/mol. The van der Waals surface area contributed by atoms with Crippen LogP contribution >= 0.6 is 0 Å². The lowest BCUT2D eigenvalue weighted by atomic mass is 10.2. The predicted molar refractivity (Wildman–Crippen MR) is 47.1 cm³/mol. The van der Waals surface area contributed by atoms with Gasteiger partial charge in [-0.15, -0.1) is 0 Å². The first-order valence-electron chi connectivity index (χ1n) is 3.14. The number of hydrogen-bond acceptors (Lipinski definition) is 1. The number of hydrogen-bond donors (Lipinski definition) is 0. The van der Waals surface area contributed by atoms with Gasteiger partial charge in [0.05, 0.1) is 0 Å². The second-order valence-corrected chi connectivity index (χ2v) is 2.35. The van der Waals surface area contributed by atoms with E-state index >= 15 is 0 Å². The lowest BCUT2D eigenvalue weighted by Crippen LogP contribution is -1.86. The first-order chi connectivity index (χ1) is 4.88. The summed E-state index contributed by atoms with van der Waals surface area (Å²) >= 11 is 0. The van der Waals surface area contributed by atoms with Crippen LogP contribution in [-0.4, -0.2) is 10.5 Å². The van der Waals surface area contributed by atoms with Gasteiger partial charge >= 0.3 is 0 Å². The fourth-order valence-corrected chi connectivity index (χ4v) is 1.21. The molecule has 0 aliphatic carbocycles. The Bertz CT molecular complexity index is 232. The predicted octanol–water partition coefficient (Wildman–Crippen LogP) is 0.989. The molecule has 0 amide bonds. The molecule has 10 heavy (non-hydrogen) atoms. The van der Waals surface area contributed by atoms with Crippen molar-refractivity contribution >= 4 is 16.6 Å². The maximum absolute atomic E-state index is 5.20. The summed E-state index contributed by atoms with van der Waals surface area (Å²) in [4.78, 5) is 0. The zero-order valence-corrected chi connectivity index (χ0v) is 8.00. The number of para-hydroxylation sites is 1. The smallest absolute Gasteiger partial charge is 0.204 e. The molecule has 0 bridgehead atoms. The molecule has 0 saturated heterocycles. The van der Waals surface area contributed by atoms with Gasteiger partial charge in [0.2, 0.25) is 10.5 Å². The van der Waals surface area contributed by atoms with Gasteiger partial charge in [0, 0.05) is 5.56 Å². The molecule has 0 radical (unpaired) electrons. The molecule has 0 unspecified atom stereocenters. The van der Waals surface area contributed by atoms with Crippen molar-refractivity contribution in [3.05, 3.63) is 36.4 Å². The van der Waals surface area contributed by atoms with Crippen LogP contribution in [-0.2, 0) is 0 Å². The Morgan fingerprint density at radius 1 is 1.40 bits per heavy atom. The molecule has 1 aromatic carbocycles. The highest BCUT2D eigenvalue weighted by Crippen LogP contribution is 2.17. The van der Waals surface area contributed by atoms with E-state index in [1.54, 1.807) is 6.08 Å². The Kier molecular flexibility index (Phi) is 2.28. The number of benzene rings is 1. The quantitative estimate of drug-likeness (QED) is 0.571. The third kappa shape index (κ3) is 1.28. The summed E-state index contributed by atoms with van der Waals surface area (Å²) < 4.78 is 5.20. The molecule has 0 saturated carbocycles. The third-order valence-electron chi connectivity index (χ3n) is 1.36. The van der Waals surface area contributed by atoms with E-state index in [0.29, 0.717) is 0 Å². The standard InChI is InChI=1S/C8H10OSi/c1-2-7-5-3-4-6-8(7)9-10/h2-6H,1H2,10H3. The van der Waals surface area contributed by atoms with Crippen LogP contribution in [0, 0.1) is 0 Å². The molecule has 0 aliphatic heterocycles. The van der Waals surface area contributed by atoms with Gasteiger partial charge in [-0.2, -0.15) is 0 Å². The van der Waals surface area contributed by atoms with E-state index < -0.39 is 0 Å². The van der Waals surface area contributed by atoms with Crippen molar-refractivity contribution in [1.29, 1.82) is 0 Å². The van der Waals surface area contributed by atoms with Gasteiger partial charge in [-0.25, -0.2) is 0 Å². The molecule has 0 atom stereocenters. The van der Waals surface area contributed by atoms with Gasteiger partial charge in [-0.1, -0.05) is 30.9 Å². The molecule has 0 fully saturated rings. The Morgan fingerprint density at radius 2 is 2.10 bits per heavy atom. The monoisotopic (exact) mass is 150 g/mol. The highest BCUT2D eigenvalue weighted by Gasteiger charge is 1.92. The van der Waals surface area contributed by atoms with Gasteiger partial charge in [-0.05, 0) is 6.07 Å². The first kappa shape index (κ1) is 7.09. The average Bonchev–Trinajstić information content (AvgIpc) is 2.04. The minimum atomic E-state index is 0.732. The molecule has 0 heterocycles. The van der Waals surface area contributed by atoms with Crippen molar-refractivity contribution in [3.63, 3.8) is 0 Å². The number of rotatable bonds is 2. The van der Waals surface area contributed by atoms with Crippen molar-refractivity contribution < 1.29 is 4.43 Å². The third-order valence-corrected chi connectivity index (χ3v) is 1.80. The van der Waals surface area contributed by atoms with Gasteiger partial charge in [0.25, 0.3) is 0 Å². The summed E-state index contributed by atoms with van der Waals surface area (Å²) in [6.45, 7) is 3.67. The topological polar surface area (TPSA) is 9.23 Å². The largest absolute Gasteiger partial charge is 0.553 e. The van der Waals surface area contributed by atoms with E-state index in [2.05, 4.69) is 6.58 Å². The van der Waals surface area contributed by atoms with Crippen molar-refractivity contribution in [2.75, 3.05) is 0 Å². The highest BCUT2D eigenvalue weighted by atomic mass is 28.2. The molecule has 0 aromatic heterocycles. The van der Waals surface area contributed by atoms with Crippen molar-refractivity contribution in [3.8, 4) is 5.75 Å². The SMILES string of the molecule is C=Cc1ccccc1O[SiH3]. The van der Waals surface area contributed by atoms with E-state index in [1.807, 2.05) is 24.3 Å². The second-order valence-electron chi connectivity index (χ2n) is 1.95. The minimum absolute atomic E-state index is 0.732. The summed E-state index contributed by atoms with van der Waals surface area (Å²) in [6, 6.07) is 7.87. The Hall–Kier alpha value is -1.02. The lowest BCUT2D eigenvalue weighted by Gasteiger charge is -2.02. The van der Waals surface area contributed by atoms with E-state index in [4.69, 9.17) is 4.43 Å². The fourth-order valence-electron chi connectivity index (χ4n) is 0.835. The average molecular weight is 150 g/mol. The van der Waals surface area contributed by atoms with Gasteiger partial charge in [-0.3, -0.25) is 0 Å².